The SMILES string of the molecule is CC1CCCCC1C(C#N)C#N. The van der Waals surface area contributed by atoms with Gasteiger partial charge in [-0.3, -0.25) is 0 Å². The third-order valence-electron chi connectivity index (χ3n) is 2.88. The summed E-state index contributed by atoms with van der Waals surface area (Å²) in [6.45, 7) is 2.16. The molecule has 1 aliphatic carbocycles. The first kappa shape index (κ1) is 9.07. The van der Waals surface area contributed by atoms with Crippen LogP contribution < -0.4 is 0 Å². The molecule has 2 atom stereocenters. The van der Waals surface area contributed by atoms with Crippen LogP contribution in [0.4, 0.5) is 0 Å². The zero-order valence-electron chi connectivity index (χ0n) is 7.45. The first-order valence-corrected chi connectivity index (χ1v) is 4.59. The summed E-state index contributed by atoms with van der Waals surface area (Å²) in [5, 5.41) is 17.4. The molecule has 0 aromatic heterocycles. The molecule has 1 fully saturated rings. The molecule has 0 aromatic carbocycles. The van der Waals surface area contributed by atoms with E-state index in [9.17, 15) is 0 Å². The molecule has 0 bridgehead atoms. The van der Waals surface area contributed by atoms with Crippen LogP contribution in [-0.2, 0) is 0 Å². The van der Waals surface area contributed by atoms with Crippen LogP contribution in [0.2, 0.25) is 0 Å². The molecule has 12 heavy (non-hydrogen) atoms. The molecular weight excluding hydrogens is 148 g/mol. The van der Waals surface area contributed by atoms with Crippen molar-refractivity contribution >= 4 is 0 Å². The van der Waals surface area contributed by atoms with Crippen molar-refractivity contribution in [1.82, 2.24) is 0 Å². The molecule has 0 heterocycles. The van der Waals surface area contributed by atoms with Gasteiger partial charge in [-0.05, 0) is 18.3 Å². The molecule has 64 valence electrons. The smallest absolute Gasteiger partial charge is 0.136 e. The third kappa shape index (κ3) is 1.77. The van der Waals surface area contributed by atoms with Gasteiger partial charge in [0.2, 0.25) is 0 Å². The van der Waals surface area contributed by atoms with E-state index in [1.54, 1.807) is 0 Å². The van der Waals surface area contributed by atoms with Crippen LogP contribution in [0.25, 0.3) is 0 Å². The standard InChI is InChI=1S/C10H14N2/c1-8-4-2-3-5-10(8)9(6-11)7-12/h8-10H,2-5H2,1H3. The average Bonchev–Trinajstić information content (AvgIpc) is 2.10. The van der Waals surface area contributed by atoms with Crippen LogP contribution in [0.1, 0.15) is 32.6 Å². The van der Waals surface area contributed by atoms with E-state index in [1.165, 1.54) is 19.3 Å². The minimum Gasteiger partial charge on any atom is -0.197 e. The lowest BCUT2D eigenvalue weighted by molar-refractivity contribution is 0.231. The Labute approximate surface area is 73.8 Å². The molecule has 2 heteroatoms. The highest BCUT2D eigenvalue weighted by Gasteiger charge is 2.28. The molecule has 0 aliphatic heterocycles. The van der Waals surface area contributed by atoms with Gasteiger partial charge in [-0.25, -0.2) is 0 Å². The number of hydrogen-bond donors (Lipinski definition) is 0. The van der Waals surface area contributed by atoms with Crippen LogP contribution in [-0.4, -0.2) is 0 Å². The fraction of sp³-hybridized carbons (Fsp3) is 0.800. The fourth-order valence-corrected chi connectivity index (χ4v) is 2.06. The van der Waals surface area contributed by atoms with E-state index in [0.29, 0.717) is 11.8 Å². The number of nitrogens with zero attached hydrogens (tertiary/aromatic N) is 2. The third-order valence-corrected chi connectivity index (χ3v) is 2.88. The van der Waals surface area contributed by atoms with Crippen LogP contribution in [0, 0.1) is 40.4 Å². The Morgan fingerprint density at radius 1 is 1.17 bits per heavy atom. The number of rotatable bonds is 1. The predicted molar refractivity (Wildman–Crippen MR) is 45.8 cm³/mol. The summed E-state index contributed by atoms with van der Waals surface area (Å²) in [5.41, 5.74) is 0. The van der Waals surface area contributed by atoms with Crippen LogP contribution in [0.3, 0.4) is 0 Å². The fourth-order valence-electron chi connectivity index (χ4n) is 2.06. The maximum Gasteiger partial charge on any atom is 0.136 e. The van der Waals surface area contributed by atoms with Crippen molar-refractivity contribution in [2.75, 3.05) is 0 Å². The van der Waals surface area contributed by atoms with Gasteiger partial charge in [0, 0.05) is 0 Å². The van der Waals surface area contributed by atoms with E-state index in [2.05, 4.69) is 19.1 Å². The van der Waals surface area contributed by atoms with E-state index in [1.807, 2.05) is 0 Å². The van der Waals surface area contributed by atoms with Crippen molar-refractivity contribution in [1.29, 1.82) is 10.5 Å². The first-order chi connectivity index (χ1) is 5.79. The molecule has 0 N–H and O–H groups in total. The van der Waals surface area contributed by atoms with E-state index < -0.39 is 0 Å². The zero-order chi connectivity index (χ0) is 8.97. The quantitative estimate of drug-likeness (QED) is 0.594. The van der Waals surface area contributed by atoms with Gasteiger partial charge in [0.25, 0.3) is 0 Å². The van der Waals surface area contributed by atoms with E-state index in [0.717, 1.165) is 6.42 Å². The molecule has 2 unspecified atom stereocenters. The topological polar surface area (TPSA) is 47.6 Å². The van der Waals surface area contributed by atoms with Crippen molar-refractivity contribution < 1.29 is 0 Å². The highest BCUT2D eigenvalue weighted by atomic mass is 14.4. The Bertz CT molecular complexity index is 207. The maximum absolute atomic E-state index is 8.72. The maximum atomic E-state index is 8.72. The molecule has 0 aromatic rings. The Kier molecular flexibility index (Phi) is 3.11. The Balaban J connectivity index is 2.60. The zero-order valence-corrected chi connectivity index (χ0v) is 7.45. The summed E-state index contributed by atoms with van der Waals surface area (Å²) in [4.78, 5) is 0. The highest BCUT2D eigenvalue weighted by Crippen LogP contribution is 2.34. The molecule has 1 rings (SSSR count). The van der Waals surface area contributed by atoms with E-state index in [-0.39, 0.29) is 5.92 Å². The summed E-state index contributed by atoms with van der Waals surface area (Å²) in [7, 11) is 0. The van der Waals surface area contributed by atoms with Gasteiger partial charge in [0.1, 0.15) is 5.92 Å². The second-order valence-electron chi connectivity index (χ2n) is 3.66. The van der Waals surface area contributed by atoms with Crippen LogP contribution >= 0.6 is 0 Å². The van der Waals surface area contributed by atoms with Gasteiger partial charge in [-0.2, -0.15) is 10.5 Å². The molecule has 0 amide bonds. The Morgan fingerprint density at radius 3 is 2.25 bits per heavy atom. The molecule has 1 saturated carbocycles. The number of hydrogen-bond acceptors (Lipinski definition) is 2. The summed E-state index contributed by atoms with van der Waals surface area (Å²) in [6, 6.07) is 4.18. The molecule has 0 saturated heterocycles. The Morgan fingerprint density at radius 2 is 1.75 bits per heavy atom. The summed E-state index contributed by atoms with van der Waals surface area (Å²) >= 11 is 0. The van der Waals surface area contributed by atoms with Gasteiger partial charge in [0.15, 0.2) is 0 Å². The van der Waals surface area contributed by atoms with Crippen molar-refractivity contribution in [3.05, 3.63) is 0 Å². The van der Waals surface area contributed by atoms with Gasteiger partial charge in [-0.1, -0.05) is 26.2 Å². The molecule has 2 nitrogen and oxygen atoms in total. The predicted octanol–water partition coefficient (Wildman–Crippen LogP) is 2.48. The van der Waals surface area contributed by atoms with Gasteiger partial charge in [-0.15, -0.1) is 0 Å². The number of nitriles is 2. The summed E-state index contributed by atoms with van der Waals surface area (Å²) in [5.74, 6) is 0.511. The van der Waals surface area contributed by atoms with Crippen LogP contribution in [0.5, 0.6) is 0 Å². The minimum absolute atomic E-state index is 0.328. The summed E-state index contributed by atoms with van der Waals surface area (Å²) < 4.78 is 0. The lowest BCUT2D eigenvalue weighted by Crippen LogP contribution is -2.23. The molecular formula is C10H14N2. The van der Waals surface area contributed by atoms with Gasteiger partial charge < -0.3 is 0 Å². The molecule has 1 aliphatic rings. The van der Waals surface area contributed by atoms with E-state index >= 15 is 0 Å². The Hall–Kier alpha value is -1.02. The normalized spacial score (nSPS) is 29.3. The highest BCUT2D eigenvalue weighted by molar-refractivity contribution is 5.04. The lowest BCUT2D eigenvalue weighted by atomic mass is 9.74. The van der Waals surface area contributed by atoms with Gasteiger partial charge in [0.05, 0.1) is 12.1 Å². The second kappa shape index (κ2) is 4.12. The van der Waals surface area contributed by atoms with Crippen molar-refractivity contribution in [2.24, 2.45) is 17.8 Å². The van der Waals surface area contributed by atoms with Crippen molar-refractivity contribution in [3.63, 3.8) is 0 Å². The van der Waals surface area contributed by atoms with Crippen molar-refractivity contribution in [2.45, 2.75) is 32.6 Å². The minimum atomic E-state index is -0.375. The first-order valence-electron chi connectivity index (χ1n) is 4.59. The van der Waals surface area contributed by atoms with Crippen molar-refractivity contribution in [3.8, 4) is 12.1 Å². The monoisotopic (exact) mass is 162 g/mol. The average molecular weight is 162 g/mol. The summed E-state index contributed by atoms with van der Waals surface area (Å²) in [6.07, 6.45) is 4.70. The second-order valence-corrected chi connectivity index (χ2v) is 3.66. The molecule has 0 spiro atoms. The van der Waals surface area contributed by atoms with E-state index in [4.69, 9.17) is 10.5 Å². The largest absolute Gasteiger partial charge is 0.197 e. The van der Waals surface area contributed by atoms with Gasteiger partial charge >= 0.3 is 0 Å². The lowest BCUT2D eigenvalue weighted by Gasteiger charge is -2.28. The van der Waals surface area contributed by atoms with Crippen LogP contribution in [0.15, 0.2) is 0 Å². The molecule has 0 radical (unpaired) electrons.